The fourth-order valence-electron chi connectivity index (χ4n) is 2.96. The summed E-state index contributed by atoms with van der Waals surface area (Å²) in [6.45, 7) is 1.70. The molecule has 1 atom stereocenters. The van der Waals surface area contributed by atoms with Crippen LogP contribution in [0.2, 0.25) is 0 Å². The first kappa shape index (κ1) is 22.3. The van der Waals surface area contributed by atoms with Crippen molar-refractivity contribution in [3.8, 4) is 5.75 Å². The number of anilines is 1. The van der Waals surface area contributed by atoms with Crippen LogP contribution in [0.3, 0.4) is 0 Å². The average Bonchev–Trinajstić information content (AvgIpc) is 3.02. The molecule has 0 spiro atoms. The molecular formula is C21H23N3O6S. The summed E-state index contributed by atoms with van der Waals surface area (Å²) in [5.74, 6) is -0.267. The molecule has 9 nitrogen and oxygen atoms in total. The van der Waals surface area contributed by atoms with Gasteiger partial charge in [0.05, 0.1) is 17.7 Å². The Bertz CT molecular complexity index is 1110. The number of methoxy groups -OCH3 is 1. The highest BCUT2D eigenvalue weighted by molar-refractivity contribution is 7.90. The van der Waals surface area contributed by atoms with Gasteiger partial charge in [0.2, 0.25) is 0 Å². The molecule has 164 valence electrons. The summed E-state index contributed by atoms with van der Waals surface area (Å²) in [7, 11) is -2.10. The maximum Gasteiger partial charge on any atom is 0.306 e. The van der Waals surface area contributed by atoms with Crippen LogP contribution >= 0.6 is 0 Å². The maximum absolute atomic E-state index is 12.3. The van der Waals surface area contributed by atoms with Gasteiger partial charge in [-0.3, -0.25) is 19.3 Å². The Balaban J connectivity index is 1.47. The summed E-state index contributed by atoms with van der Waals surface area (Å²) in [4.78, 5) is 28.7. The van der Waals surface area contributed by atoms with E-state index in [4.69, 9.17) is 9.47 Å². The van der Waals surface area contributed by atoms with E-state index >= 15 is 0 Å². The van der Waals surface area contributed by atoms with Crippen LogP contribution in [-0.2, 0) is 24.3 Å². The summed E-state index contributed by atoms with van der Waals surface area (Å²) >= 11 is 0. The number of esters is 1. The fraction of sp³-hybridized carbons (Fsp3) is 0.286. The van der Waals surface area contributed by atoms with Gasteiger partial charge in [-0.2, -0.15) is 0 Å². The molecule has 31 heavy (non-hydrogen) atoms. The first-order chi connectivity index (χ1) is 14.8. The standard InChI is InChI=1S/C21H23N3O6S/c1-14(21(26)23-16-9-4-5-10-17(16)29-2)30-19(25)12-7-13-22-20-15-8-3-6-11-18(15)31(27,28)24-20/h3-6,8-11,14H,7,12-13H2,1-2H3,(H,22,24)(H,23,26). The molecule has 1 heterocycles. The predicted octanol–water partition coefficient (Wildman–Crippen LogP) is 2.08. The number of hydrogen-bond donors (Lipinski definition) is 2. The Hall–Kier alpha value is -3.40. The third kappa shape index (κ3) is 5.40. The first-order valence-corrected chi connectivity index (χ1v) is 11.1. The van der Waals surface area contributed by atoms with Crippen LogP contribution in [0.1, 0.15) is 25.3 Å². The lowest BCUT2D eigenvalue weighted by Crippen LogP contribution is -2.30. The van der Waals surface area contributed by atoms with E-state index in [1.807, 2.05) is 0 Å². The lowest BCUT2D eigenvalue weighted by Gasteiger charge is -2.15. The zero-order valence-corrected chi connectivity index (χ0v) is 17.9. The number of para-hydroxylation sites is 2. The van der Waals surface area contributed by atoms with Crippen LogP contribution in [-0.4, -0.2) is 45.9 Å². The van der Waals surface area contributed by atoms with E-state index in [2.05, 4.69) is 15.0 Å². The van der Waals surface area contributed by atoms with Crippen molar-refractivity contribution in [2.75, 3.05) is 19.0 Å². The number of amides is 1. The number of aliphatic imine (C=N–C) groups is 1. The van der Waals surface area contributed by atoms with Gasteiger partial charge in [0.1, 0.15) is 11.6 Å². The molecule has 2 aromatic carbocycles. The second-order valence-corrected chi connectivity index (χ2v) is 8.41. The molecule has 1 amide bonds. The quantitative estimate of drug-likeness (QED) is 0.474. The van der Waals surface area contributed by atoms with Crippen LogP contribution in [0.4, 0.5) is 5.69 Å². The van der Waals surface area contributed by atoms with Crippen molar-refractivity contribution in [3.05, 3.63) is 54.1 Å². The molecular weight excluding hydrogens is 422 g/mol. The van der Waals surface area contributed by atoms with Crippen molar-refractivity contribution >= 4 is 33.4 Å². The molecule has 0 fully saturated rings. The molecule has 1 aliphatic rings. The minimum atomic E-state index is -3.59. The molecule has 3 rings (SSSR count). The van der Waals surface area contributed by atoms with Crippen LogP contribution in [0, 0.1) is 0 Å². The van der Waals surface area contributed by atoms with Crippen LogP contribution < -0.4 is 14.8 Å². The van der Waals surface area contributed by atoms with Gasteiger partial charge in [-0.15, -0.1) is 0 Å². The molecule has 0 saturated carbocycles. The van der Waals surface area contributed by atoms with Gasteiger partial charge < -0.3 is 14.8 Å². The average molecular weight is 445 g/mol. The SMILES string of the molecule is COc1ccccc1NC(=O)C(C)OC(=O)CCCN=C1NS(=O)(=O)c2ccccc21. The molecule has 2 aromatic rings. The molecule has 2 N–H and O–H groups in total. The summed E-state index contributed by atoms with van der Waals surface area (Å²) in [6.07, 6.45) is -0.609. The minimum Gasteiger partial charge on any atom is -0.495 e. The number of ether oxygens (including phenoxy) is 2. The number of benzene rings is 2. The van der Waals surface area contributed by atoms with Crippen LogP contribution in [0.15, 0.2) is 58.4 Å². The van der Waals surface area contributed by atoms with Crippen LogP contribution in [0.25, 0.3) is 0 Å². The fourth-order valence-corrected chi connectivity index (χ4v) is 4.21. The van der Waals surface area contributed by atoms with E-state index in [0.29, 0.717) is 23.4 Å². The van der Waals surface area contributed by atoms with Gasteiger partial charge in [-0.25, -0.2) is 8.42 Å². The second kappa shape index (κ2) is 9.61. The topological polar surface area (TPSA) is 123 Å². The van der Waals surface area contributed by atoms with Crippen molar-refractivity contribution in [2.24, 2.45) is 4.99 Å². The molecule has 0 saturated heterocycles. The molecule has 0 aromatic heterocycles. The molecule has 0 aliphatic carbocycles. The minimum absolute atomic E-state index is 0.0391. The largest absolute Gasteiger partial charge is 0.495 e. The Labute approximate surface area is 180 Å². The summed E-state index contributed by atoms with van der Waals surface area (Å²) in [5, 5.41) is 2.66. The van der Waals surface area contributed by atoms with E-state index < -0.39 is 28.0 Å². The number of carbonyl (C=O) groups is 2. The molecule has 1 unspecified atom stereocenters. The highest BCUT2D eigenvalue weighted by atomic mass is 32.2. The highest BCUT2D eigenvalue weighted by Crippen LogP contribution is 2.24. The number of nitrogens with zero attached hydrogens (tertiary/aromatic N) is 1. The van der Waals surface area contributed by atoms with Gasteiger partial charge >= 0.3 is 5.97 Å². The summed E-state index contributed by atoms with van der Waals surface area (Å²) < 4.78 is 36.8. The smallest absolute Gasteiger partial charge is 0.306 e. The summed E-state index contributed by atoms with van der Waals surface area (Å²) in [5.41, 5.74) is 0.986. The number of fused-ring (bicyclic) bond motifs is 1. The van der Waals surface area contributed by atoms with Crippen molar-refractivity contribution in [1.29, 1.82) is 0 Å². The van der Waals surface area contributed by atoms with E-state index in [1.165, 1.54) is 20.1 Å². The van der Waals surface area contributed by atoms with Crippen molar-refractivity contribution in [1.82, 2.24) is 4.72 Å². The first-order valence-electron chi connectivity index (χ1n) is 9.62. The van der Waals surface area contributed by atoms with Gasteiger partial charge in [0, 0.05) is 18.5 Å². The van der Waals surface area contributed by atoms with Crippen LogP contribution in [0.5, 0.6) is 5.75 Å². The number of hydrogen-bond acceptors (Lipinski definition) is 7. The Morgan fingerprint density at radius 3 is 2.61 bits per heavy atom. The van der Waals surface area contributed by atoms with E-state index in [1.54, 1.807) is 42.5 Å². The number of sulfonamides is 1. The Kier molecular flexibility index (Phi) is 6.91. The second-order valence-electron chi connectivity index (χ2n) is 6.76. The van der Waals surface area contributed by atoms with Gasteiger partial charge in [0.15, 0.2) is 6.10 Å². The zero-order chi connectivity index (χ0) is 22.4. The van der Waals surface area contributed by atoms with E-state index in [9.17, 15) is 18.0 Å². The van der Waals surface area contributed by atoms with Gasteiger partial charge in [-0.05, 0) is 37.6 Å². The molecule has 0 bridgehead atoms. The summed E-state index contributed by atoms with van der Waals surface area (Å²) in [6, 6.07) is 13.5. The molecule has 0 radical (unpaired) electrons. The number of rotatable bonds is 8. The molecule has 10 heteroatoms. The van der Waals surface area contributed by atoms with E-state index in [0.717, 1.165) is 0 Å². The van der Waals surface area contributed by atoms with Crippen molar-refractivity contribution in [3.63, 3.8) is 0 Å². The molecule has 1 aliphatic heterocycles. The van der Waals surface area contributed by atoms with Gasteiger partial charge in [0.25, 0.3) is 15.9 Å². The Morgan fingerprint density at radius 2 is 1.84 bits per heavy atom. The number of nitrogens with one attached hydrogen (secondary N) is 2. The monoisotopic (exact) mass is 445 g/mol. The number of amidine groups is 1. The predicted molar refractivity (Wildman–Crippen MR) is 115 cm³/mol. The van der Waals surface area contributed by atoms with E-state index in [-0.39, 0.29) is 23.7 Å². The Morgan fingerprint density at radius 1 is 1.13 bits per heavy atom. The third-order valence-electron chi connectivity index (χ3n) is 4.51. The maximum atomic E-state index is 12.3. The zero-order valence-electron chi connectivity index (χ0n) is 17.1. The number of carbonyl (C=O) groups excluding carboxylic acids is 2. The third-order valence-corrected chi connectivity index (χ3v) is 5.91. The van der Waals surface area contributed by atoms with Crippen molar-refractivity contribution in [2.45, 2.75) is 30.8 Å². The van der Waals surface area contributed by atoms with Gasteiger partial charge in [-0.1, -0.05) is 24.3 Å². The highest BCUT2D eigenvalue weighted by Gasteiger charge is 2.29. The normalized spacial score (nSPS) is 16.1. The lowest BCUT2D eigenvalue weighted by atomic mass is 10.2. The van der Waals surface area contributed by atoms with Crippen molar-refractivity contribution < 1.29 is 27.5 Å². The lowest BCUT2D eigenvalue weighted by molar-refractivity contribution is -0.153.